The number of aromatic nitrogens is 1. The molecule has 0 unspecified atom stereocenters. The zero-order valence-electron chi connectivity index (χ0n) is 9.20. The summed E-state index contributed by atoms with van der Waals surface area (Å²) in [5, 5.41) is 0. The largest absolute Gasteiger partial charge is 0.247 e. The number of hydrogen-bond donors (Lipinski definition) is 0. The van der Waals surface area contributed by atoms with Crippen LogP contribution in [0.1, 0.15) is 22.4 Å². The first kappa shape index (κ1) is 10.8. The molecular formula is C15H10IN. The van der Waals surface area contributed by atoms with Crippen LogP contribution in [0.2, 0.25) is 0 Å². The van der Waals surface area contributed by atoms with Gasteiger partial charge in [0, 0.05) is 15.3 Å². The highest BCUT2D eigenvalue weighted by molar-refractivity contribution is 14.1. The van der Waals surface area contributed by atoms with E-state index in [9.17, 15) is 0 Å². The molecule has 0 saturated carbocycles. The molecule has 0 N–H and O–H groups in total. The van der Waals surface area contributed by atoms with Gasteiger partial charge >= 0.3 is 0 Å². The van der Waals surface area contributed by atoms with Gasteiger partial charge < -0.3 is 0 Å². The molecule has 0 bridgehead atoms. The van der Waals surface area contributed by atoms with Gasteiger partial charge in [-0.25, -0.2) is 4.98 Å². The summed E-state index contributed by atoms with van der Waals surface area (Å²) < 4.78 is 1.27. The summed E-state index contributed by atoms with van der Waals surface area (Å²) in [5.74, 6) is 6.41. The molecule has 82 valence electrons. The van der Waals surface area contributed by atoms with Gasteiger partial charge in [-0.3, -0.25) is 0 Å². The maximum absolute atomic E-state index is 4.34. The minimum atomic E-state index is 0.928. The van der Waals surface area contributed by atoms with Gasteiger partial charge in [0.25, 0.3) is 0 Å². The fourth-order valence-corrected chi connectivity index (χ4v) is 2.60. The third-order valence-electron chi connectivity index (χ3n) is 2.94. The minimum Gasteiger partial charge on any atom is -0.247 e. The van der Waals surface area contributed by atoms with Gasteiger partial charge in [0.1, 0.15) is 5.69 Å². The van der Waals surface area contributed by atoms with Gasteiger partial charge in [0.2, 0.25) is 0 Å². The van der Waals surface area contributed by atoms with Gasteiger partial charge in [0.15, 0.2) is 0 Å². The van der Waals surface area contributed by atoms with Crippen LogP contribution >= 0.6 is 22.6 Å². The van der Waals surface area contributed by atoms with E-state index < -0.39 is 0 Å². The molecule has 17 heavy (non-hydrogen) atoms. The summed E-state index contributed by atoms with van der Waals surface area (Å²) in [5.41, 5.74) is 4.67. The Labute approximate surface area is 114 Å². The second kappa shape index (κ2) is 4.50. The molecule has 1 aliphatic rings. The lowest BCUT2D eigenvalue weighted by molar-refractivity contribution is 0.936. The van der Waals surface area contributed by atoms with Crippen LogP contribution < -0.4 is 0 Å². The zero-order chi connectivity index (χ0) is 11.7. The van der Waals surface area contributed by atoms with Crippen LogP contribution in [0, 0.1) is 15.4 Å². The molecule has 1 aromatic carbocycles. The number of rotatable bonds is 0. The Morgan fingerprint density at radius 1 is 1.06 bits per heavy atom. The average Bonchev–Trinajstić information content (AvgIpc) is 2.33. The molecular weight excluding hydrogens is 321 g/mol. The van der Waals surface area contributed by atoms with Crippen LogP contribution in [0.3, 0.4) is 0 Å². The topological polar surface area (TPSA) is 12.9 Å². The Balaban J connectivity index is 2.14. The molecule has 2 heteroatoms. The highest BCUT2D eigenvalue weighted by Gasteiger charge is 2.08. The summed E-state index contributed by atoms with van der Waals surface area (Å²) in [4.78, 5) is 4.34. The van der Waals surface area contributed by atoms with Gasteiger partial charge in [-0.2, -0.15) is 0 Å². The molecule has 1 heterocycles. The molecule has 0 aliphatic heterocycles. The number of nitrogens with zero attached hydrogens (tertiary/aromatic N) is 1. The predicted molar refractivity (Wildman–Crippen MR) is 76.8 cm³/mol. The lowest BCUT2D eigenvalue weighted by Gasteiger charge is -2.09. The molecule has 1 aliphatic carbocycles. The number of hydrogen-bond acceptors (Lipinski definition) is 1. The molecule has 0 amide bonds. The van der Waals surface area contributed by atoms with Gasteiger partial charge in [0.05, 0.1) is 0 Å². The van der Waals surface area contributed by atoms with Crippen molar-refractivity contribution in [3.05, 3.63) is 62.5 Å². The molecule has 0 saturated heterocycles. The predicted octanol–water partition coefficient (Wildman–Crippen LogP) is 3.18. The van der Waals surface area contributed by atoms with E-state index in [1.807, 2.05) is 12.3 Å². The molecule has 1 aromatic heterocycles. The minimum absolute atomic E-state index is 0.928. The van der Waals surface area contributed by atoms with Crippen molar-refractivity contribution in [2.45, 2.75) is 12.8 Å². The van der Waals surface area contributed by atoms with E-state index in [-0.39, 0.29) is 0 Å². The van der Waals surface area contributed by atoms with Gasteiger partial charge in [-0.15, -0.1) is 0 Å². The quantitative estimate of drug-likeness (QED) is 0.534. The van der Waals surface area contributed by atoms with Crippen LogP contribution in [-0.4, -0.2) is 4.98 Å². The first-order valence-corrected chi connectivity index (χ1v) is 6.65. The summed E-state index contributed by atoms with van der Waals surface area (Å²) in [6, 6.07) is 10.5. The van der Waals surface area contributed by atoms with E-state index in [2.05, 4.69) is 63.7 Å². The molecule has 0 fully saturated rings. The summed E-state index contributed by atoms with van der Waals surface area (Å²) in [6.07, 6.45) is 3.87. The molecule has 2 aromatic rings. The number of benzene rings is 1. The standard InChI is InChI=1S/C15H10IN/c16-14-7-5-11-6-8-15-12(2-1-9-17-15)3-4-13(11)10-14/h1-2,5,7,9-10H,3-4H2. The fraction of sp³-hybridized carbons (Fsp3) is 0.133. The highest BCUT2D eigenvalue weighted by atomic mass is 127. The van der Waals surface area contributed by atoms with Gasteiger partial charge in [-0.1, -0.05) is 12.0 Å². The molecule has 0 radical (unpaired) electrons. The summed E-state index contributed by atoms with van der Waals surface area (Å²) in [7, 11) is 0. The van der Waals surface area contributed by atoms with E-state index in [0.717, 1.165) is 24.1 Å². The SMILES string of the molecule is Ic1ccc2c(c1)CCc1cccnc1C#C2. The first-order valence-electron chi connectivity index (χ1n) is 5.57. The molecule has 3 rings (SSSR count). The number of pyridine rings is 1. The fourth-order valence-electron chi connectivity index (χ4n) is 2.04. The maximum Gasteiger partial charge on any atom is 0.116 e. The Bertz CT molecular complexity index is 635. The normalized spacial score (nSPS) is 12.5. The Kier molecular flexibility index (Phi) is 2.86. The average molecular weight is 331 g/mol. The monoisotopic (exact) mass is 331 g/mol. The van der Waals surface area contributed by atoms with Crippen molar-refractivity contribution in [2.75, 3.05) is 0 Å². The highest BCUT2D eigenvalue weighted by Crippen LogP contribution is 2.18. The van der Waals surface area contributed by atoms with Crippen LogP contribution in [0.4, 0.5) is 0 Å². The smallest absolute Gasteiger partial charge is 0.116 e. The molecule has 0 atom stereocenters. The second-order valence-corrected chi connectivity index (χ2v) is 5.31. The Morgan fingerprint density at radius 3 is 2.88 bits per heavy atom. The zero-order valence-corrected chi connectivity index (χ0v) is 11.4. The Morgan fingerprint density at radius 2 is 1.94 bits per heavy atom. The van der Waals surface area contributed by atoms with Crippen molar-refractivity contribution >= 4 is 22.6 Å². The maximum atomic E-state index is 4.34. The Hall–Kier alpha value is -1.34. The van der Waals surface area contributed by atoms with Crippen LogP contribution in [0.25, 0.3) is 0 Å². The first-order chi connectivity index (χ1) is 8.33. The lowest BCUT2D eigenvalue weighted by Crippen LogP contribution is -2.01. The van der Waals surface area contributed by atoms with E-state index in [1.165, 1.54) is 14.7 Å². The van der Waals surface area contributed by atoms with E-state index >= 15 is 0 Å². The summed E-state index contributed by atoms with van der Waals surface area (Å²) >= 11 is 2.35. The van der Waals surface area contributed by atoms with E-state index in [0.29, 0.717) is 0 Å². The number of aryl methyl sites for hydroxylation is 2. The third-order valence-corrected chi connectivity index (χ3v) is 3.61. The summed E-state index contributed by atoms with van der Waals surface area (Å²) in [6.45, 7) is 0. The molecule has 0 spiro atoms. The van der Waals surface area contributed by atoms with E-state index in [1.54, 1.807) is 0 Å². The van der Waals surface area contributed by atoms with Crippen molar-refractivity contribution in [1.82, 2.24) is 4.98 Å². The van der Waals surface area contributed by atoms with Crippen LogP contribution in [-0.2, 0) is 12.8 Å². The van der Waals surface area contributed by atoms with Crippen LogP contribution in [0.5, 0.6) is 0 Å². The third kappa shape index (κ3) is 2.20. The lowest BCUT2D eigenvalue weighted by atomic mass is 9.97. The van der Waals surface area contributed by atoms with Crippen molar-refractivity contribution < 1.29 is 0 Å². The van der Waals surface area contributed by atoms with Crippen molar-refractivity contribution in [1.29, 1.82) is 0 Å². The van der Waals surface area contributed by atoms with Crippen molar-refractivity contribution in [2.24, 2.45) is 0 Å². The van der Waals surface area contributed by atoms with E-state index in [4.69, 9.17) is 0 Å². The van der Waals surface area contributed by atoms with Crippen molar-refractivity contribution in [3.8, 4) is 11.8 Å². The number of fused-ring (bicyclic) bond motifs is 2. The van der Waals surface area contributed by atoms with Gasteiger partial charge in [-0.05, 0) is 76.7 Å². The van der Waals surface area contributed by atoms with Crippen molar-refractivity contribution in [3.63, 3.8) is 0 Å². The van der Waals surface area contributed by atoms with Crippen LogP contribution in [0.15, 0.2) is 36.5 Å². The molecule has 1 nitrogen and oxygen atoms in total. The second-order valence-electron chi connectivity index (χ2n) is 4.06. The number of halogens is 1.